The van der Waals surface area contributed by atoms with Crippen molar-refractivity contribution in [2.24, 2.45) is 4.99 Å². The van der Waals surface area contributed by atoms with Gasteiger partial charge in [0.05, 0.1) is 24.9 Å². The molecule has 2 aromatic carbocycles. The van der Waals surface area contributed by atoms with Gasteiger partial charge in [0, 0.05) is 10.7 Å². The minimum absolute atomic E-state index is 0.633. The maximum atomic E-state index is 6.06. The quantitative estimate of drug-likeness (QED) is 0.696. The maximum Gasteiger partial charge on any atom is 0.161 e. The van der Waals surface area contributed by atoms with E-state index in [1.54, 1.807) is 26.5 Å². The highest BCUT2D eigenvalue weighted by atomic mass is 79.9. The van der Waals surface area contributed by atoms with Crippen molar-refractivity contribution < 1.29 is 9.47 Å². The van der Waals surface area contributed by atoms with E-state index in [2.05, 4.69) is 20.9 Å². The Morgan fingerprint density at radius 3 is 2.38 bits per heavy atom. The second kappa shape index (κ2) is 6.96. The van der Waals surface area contributed by atoms with E-state index in [1.165, 1.54) is 0 Å². The van der Waals surface area contributed by atoms with Crippen molar-refractivity contribution in [3.8, 4) is 11.5 Å². The van der Waals surface area contributed by atoms with E-state index < -0.39 is 0 Å². The summed E-state index contributed by atoms with van der Waals surface area (Å²) in [5.41, 5.74) is 2.81. The molecule has 0 aliphatic heterocycles. The first-order valence-corrected chi connectivity index (χ1v) is 7.44. The molecule has 2 rings (SSSR count). The van der Waals surface area contributed by atoms with Crippen LogP contribution < -0.4 is 9.47 Å². The van der Waals surface area contributed by atoms with Crippen LogP contribution >= 0.6 is 27.5 Å². The van der Waals surface area contributed by atoms with Gasteiger partial charge < -0.3 is 9.47 Å². The highest BCUT2D eigenvalue weighted by molar-refractivity contribution is 9.10. The minimum atomic E-state index is 0.633. The third kappa shape index (κ3) is 3.77. The average Bonchev–Trinajstić information content (AvgIpc) is 2.49. The van der Waals surface area contributed by atoms with E-state index in [0.717, 1.165) is 21.3 Å². The molecular weight excluding hydrogens is 354 g/mol. The zero-order chi connectivity index (χ0) is 15.4. The molecule has 3 nitrogen and oxygen atoms in total. The molecule has 21 heavy (non-hydrogen) atoms. The molecule has 0 N–H and O–H groups in total. The maximum absolute atomic E-state index is 6.06. The van der Waals surface area contributed by atoms with Crippen molar-refractivity contribution in [3.05, 3.63) is 51.0 Å². The fourth-order valence-corrected chi connectivity index (χ4v) is 2.27. The lowest BCUT2D eigenvalue weighted by molar-refractivity contribution is 0.354. The molecule has 2 aromatic rings. The number of methoxy groups -OCH3 is 2. The van der Waals surface area contributed by atoms with E-state index in [4.69, 9.17) is 21.1 Å². The second-order valence-electron chi connectivity index (χ2n) is 4.42. The van der Waals surface area contributed by atoms with Crippen molar-refractivity contribution in [2.45, 2.75) is 6.92 Å². The summed E-state index contributed by atoms with van der Waals surface area (Å²) in [5.74, 6) is 1.39. The molecule has 0 radical (unpaired) electrons. The molecule has 0 aliphatic rings. The van der Waals surface area contributed by atoms with Crippen LogP contribution in [0.2, 0.25) is 5.02 Å². The highest BCUT2D eigenvalue weighted by Crippen LogP contribution is 2.30. The normalized spacial score (nSPS) is 10.9. The van der Waals surface area contributed by atoms with Gasteiger partial charge in [-0.15, -0.1) is 0 Å². The lowest BCUT2D eigenvalue weighted by Gasteiger charge is -2.10. The standard InChI is InChI=1S/C16H15BrClNO2/c1-10-6-15(20-2)16(21-3)7-11(10)9-19-12-4-5-13(17)14(18)8-12/h4-9H,1-3H3. The third-order valence-electron chi connectivity index (χ3n) is 3.03. The molecular formula is C16H15BrClNO2. The molecule has 0 amide bonds. The van der Waals surface area contributed by atoms with Gasteiger partial charge in [0.2, 0.25) is 0 Å². The summed E-state index contributed by atoms with van der Waals surface area (Å²) in [5, 5.41) is 0.633. The summed E-state index contributed by atoms with van der Waals surface area (Å²) in [6.45, 7) is 2.00. The molecule has 0 fully saturated rings. The average molecular weight is 369 g/mol. The van der Waals surface area contributed by atoms with Crippen molar-refractivity contribution >= 4 is 39.4 Å². The van der Waals surface area contributed by atoms with Crippen LogP contribution in [0.4, 0.5) is 5.69 Å². The van der Waals surface area contributed by atoms with E-state index in [9.17, 15) is 0 Å². The number of benzene rings is 2. The molecule has 0 saturated heterocycles. The van der Waals surface area contributed by atoms with Crippen LogP contribution in [0.3, 0.4) is 0 Å². The van der Waals surface area contributed by atoms with Gasteiger partial charge in [-0.1, -0.05) is 11.6 Å². The van der Waals surface area contributed by atoms with Gasteiger partial charge in [0.25, 0.3) is 0 Å². The molecule has 0 aliphatic carbocycles. The Hall–Kier alpha value is -1.52. The van der Waals surface area contributed by atoms with Crippen molar-refractivity contribution in [1.82, 2.24) is 0 Å². The molecule has 0 atom stereocenters. The van der Waals surface area contributed by atoms with Gasteiger partial charge in [-0.3, -0.25) is 4.99 Å². The van der Waals surface area contributed by atoms with Crippen LogP contribution in [0.25, 0.3) is 0 Å². The van der Waals surface area contributed by atoms with Crippen LogP contribution in [0.1, 0.15) is 11.1 Å². The lowest BCUT2D eigenvalue weighted by atomic mass is 10.1. The Labute approximate surface area is 137 Å². The number of hydrogen-bond donors (Lipinski definition) is 0. The SMILES string of the molecule is COc1cc(C)c(C=Nc2ccc(Br)c(Cl)c2)cc1OC. The van der Waals surface area contributed by atoms with Crippen LogP contribution in [0.15, 0.2) is 39.8 Å². The fourth-order valence-electron chi connectivity index (χ4n) is 1.84. The number of aryl methyl sites for hydroxylation is 1. The highest BCUT2D eigenvalue weighted by Gasteiger charge is 2.07. The Bertz CT molecular complexity index is 686. The largest absolute Gasteiger partial charge is 0.493 e. The molecule has 0 unspecified atom stereocenters. The lowest BCUT2D eigenvalue weighted by Crippen LogP contribution is -1.95. The first kappa shape index (κ1) is 15.9. The van der Waals surface area contributed by atoms with Crippen LogP contribution in [0, 0.1) is 6.92 Å². The summed E-state index contributed by atoms with van der Waals surface area (Å²) in [4.78, 5) is 4.44. The first-order valence-electron chi connectivity index (χ1n) is 6.27. The number of nitrogens with zero attached hydrogens (tertiary/aromatic N) is 1. The number of hydrogen-bond acceptors (Lipinski definition) is 3. The Balaban J connectivity index is 2.34. The van der Waals surface area contributed by atoms with Crippen molar-refractivity contribution in [1.29, 1.82) is 0 Å². The predicted molar refractivity (Wildman–Crippen MR) is 90.7 cm³/mol. The first-order chi connectivity index (χ1) is 10.0. The number of ether oxygens (including phenoxy) is 2. The van der Waals surface area contributed by atoms with Gasteiger partial charge in [-0.05, 0) is 64.3 Å². The van der Waals surface area contributed by atoms with Crippen LogP contribution in [0.5, 0.6) is 11.5 Å². The van der Waals surface area contributed by atoms with Crippen molar-refractivity contribution in [3.63, 3.8) is 0 Å². The van der Waals surface area contributed by atoms with Crippen LogP contribution in [-0.4, -0.2) is 20.4 Å². The molecule has 0 saturated carbocycles. The Morgan fingerprint density at radius 2 is 1.76 bits per heavy atom. The summed E-state index contributed by atoms with van der Waals surface area (Å²) in [6.07, 6.45) is 1.79. The predicted octanol–water partition coefficient (Wildman–Crippen LogP) is 5.18. The molecule has 5 heteroatoms. The van der Waals surface area contributed by atoms with Gasteiger partial charge in [0.1, 0.15) is 0 Å². The van der Waals surface area contributed by atoms with Crippen LogP contribution in [-0.2, 0) is 0 Å². The molecule has 0 heterocycles. The van der Waals surface area contributed by atoms with E-state index >= 15 is 0 Å². The minimum Gasteiger partial charge on any atom is -0.493 e. The topological polar surface area (TPSA) is 30.8 Å². The second-order valence-corrected chi connectivity index (χ2v) is 5.68. The van der Waals surface area contributed by atoms with Gasteiger partial charge in [0.15, 0.2) is 11.5 Å². The molecule has 0 spiro atoms. The summed E-state index contributed by atoms with van der Waals surface area (Å²) < 4.78 is 11.4. The Morgan fingerprint density at radius 1 is 1.10 bits per heavy atom. The summed E-state index contributed by atoms with van der Waals surface area (Å²) >= 11 is 9.41. The number of aliphatic imine (C=N–C) groups is 1. The monoisotopic (exact) mass is 367 g/mol. The zero-order valence-electron chi connectivity index (χ0n) is 12.0. The van der Waals surface area contributed by atoms with E-state index in [-0.39, 0.29) is 0 Å². The number of halogens is 2. The Kier molecular flexibility index (Phi) is 5.26. The van der Waals surface area contributed by atoms with Gasteiger partial charge >= 0.3 is 0 Å². The smallest absolute Gasteiger partial charge is 0.161 e. The van der Waals surface area contributed by atoms with E-state index in [1.807, 2.05) is 31.2 Å². The summed E-state index contributed by atoms with van der Waals surface area (Å²) in [7, 11) is 3.23. The summed E-state index contributed by atoms with van der Waals surface area (Å²) in [6, 6.07) is 9.39. The zero-order valence-corrected chi connectivity index (χ0v) is 14.3. The van der Waals surface area contributed by atoms with Gasteiger partial charge in [-0.2, -0.15) is 0 Å². The van der Waals surface area contributed by atoms with Gasteiger partial charge in [-0.25, -0.2) is 0 Å². The van der Waals surface area contributed by atoms with E-state index in [0.29, 0.717) is 16.5 Å². The molecule has 0 bridgehead atoms. The molecule has 0 aromatic heterocycles. The fraction of sp³-hybridized carbons (Fsp3) is 0.188. The number of rotatable bonds is 4. The van der Waals surface area contributed by atoms with Crippen molar-refractivity contribution in [2.75, 3.05) is 14.2 Å². The molecule has 110 valence electrons. The third-order valence-corrected chi connectivity index (χ3v) is 4.26.